The Hall–Kier alpha value is -1.59. The summed E-state index contributed by atoms with van der Waals surface area (Å²) >= 11 is 0. The maximum Gasteiger partial charge on any atom is 0.302 e. The smallest absolute Gasteiger partial charge is 0.302 e. The van der Waals surface area contributed by atoms with Crippen LogP contribution in [-0.4, -0.2) is 37.1 Å². The lowest BCUT2D eigenvalue weighted by Crippen LogP contribution is -2.27. The predicted molar refractivity (Wildman–Crippen MR) is 58.2 cm³/mol. The fourth-order valence-electron chi connectivity index (χ4n) is 1.26. The van der Waals surface area contributed by atoms with Crippen LogP contribution in [0.15, 0.2) is 0 Å². The predicted octanol–water partition coefficient (Wildman–Crippen LogP) is 1.07. The van der Waals surface area contributed by atoms with Gasteiger partial charge in [0.25, 0.3) is 0 Å². The SMILES string of the molecule is CC(=O)OCCCN(CCC#N)CCC#N. The molecule has 0 aromatic carbocycles. The Morgan fingerprint density at radius 3 is 2.19 bits per heavy atom. The van der Waals surface area contributed by atoms with Gasteiger partial charge in [-0.3, -0.25) is 4.79 Å². The van der Waals surface area contributed by atoms with E-state index in [4.69, 9.17) is 15.3 Å². The lowest BCUT2D eigenvalue weighted by atomic mass is 10.3. The zero-order chi connectivity index (χ0) is 12.2. The summed E-state index contributed by atoms with van der Waals surface area (Å²) < 4.78 is 4.81. The molecule has 0 radical (unpaired) electrons. The molecule has 0 saturated heterocycles. The summed E-state index contributed by atoms with van der Waals surface area (Å²) in [6.07, 6.45) is 1.65. The minimum absolute atomic E-state index is 0.277. The molecule has 0 atom stereocenters. The average Bonchev–Trinajstić information content (AvgIpc) is 2.26. The number of rotatable bonds is 8. The van der Waals surface area contributed by atoms with E-state index in [0.29, 0.717) is 32.5 Å². The maximum atomic E-state index is 10.5. The first-order chi connectivity index (χ1) is 7.70. The summed E-state index contributed by atoms with van der Waals surface area (Å²) in [5, 5.41) is 16.9. The van der Waals surface area contributed by atoms with Crippen molar-refractivity contribution in [2.24, 2.45) is 0 Å². The van der Waals surface area contributed by atoms with Gasteiger partial charge in [0.2, 0.25) is 0 Å². The van der Waals surface area contributed by atoms with Gasteiger partial charge in [-0.1, -0.05) is 0 Å². The number of esters is 1. The standard InChI is InChI=1S/C11H17N3O2/c1-11(15)16-10-4-9-14(7-2-5-12)8-3-6-13/h2-4,7-10H2,1H3. The number of nitriles is 2. The monoisotopic (exact) mass is 223 g/mol. The zero-order valence-corrected chi connectivity index (χ0v) is 9.61. The Balaban J connectivity index is 3.69. The molecule has 0 aromatic rings. The molecule has 5 nitrogen and oxygen atoms in total. The van der Waals surface area contributed by atoms with Crippen LogP contribution in [0.2, 0.25) is 0 Å². The van der Waals surface area contributed by atoms with Gasteiger partial charge < -0.3 is 9.64 Å². The third-order valence-corrected chi connectivity index (χ3v) is 2.00. The topological polar surface area (TPSA) is 77.1 Å². The molecule has 0 aliphatic rings. The largest absolute Gasteiger partial charge is 0.466 e. The summed E-state index contributed by atoms with van der Waals surface area (Å²) in [4.78, 5) is 12.5. The average molecular weight is 223 g/mol. The normalized spacial score (nSPS) is 9.50. The third kappa shape index (κ3) is 8.98. The first-order valence-electron chi connectivity index (χ1n) is 5.30. The van der Waals surface area contributed by atoms with Gasteiger partial charge in [-0.2, -0.15) is 10.5 Å². The molecule has 88 valence electrons. The van der Waals surface area contributed by atoms with Gasteiger partial charge in [-0.25, -0.2) is 0 Å². The lowest BCUT2D eigenvalue weighted by Gasteiger charge is -2.19. The van der Waals surface area contributed by atoms with E-state index in [0.717, 1.165) is 13.0 Å². The highest BCUT2D eigenvalue weighted by atomic mass is 16.5. The molecule has 0 aromatic heterocycles. The minimum atomic E-state index is -0.277. The Bertz CT molecular complexity index is 260. The van der Waals surface area contributed by atoms with Gasteiger partial charge in [-0.15, -0.1) is 0 Å². The fraction of sp³-hybridized carbons (Fsp3) is 0.727. The molecule has 0 heterocycles. The second kappa shape index (κ2) is 9.95. The molecule has 0 spiro atoms. The molecule has 0 fully saturated rings. The molecule has 0 amide bonds. The summed E-state index contributed by atoms with van der Waals surface area (Å²) in [6.45, 7) is 3.85. The Kier molecular flexibility index (Phi) is 8.96. The van der Waals surface area contributed by atoms with Crippen LogP contribution in [0, 0.1) is 22.7 Å². The van der Waals surface area contributed by atoms with Gasteiger partial charge in [0.1, 0.15) is 0 Å². The van der Waals surface area contributed by atoms with Crippen molar-refractivity contribution < 1.29 is 9.53 Å². The number of carbonyl (C=O) groups excluding carboxylic acids is 1. The molecule has 0 aliphatic carbocycles. The highest BCUT2D eigenvalue weighted by Gasteiger charge is 2.04. The van der Waals surface area contributed by atoms with E-state index in [2.05, 4.69) is 12.1 Å². The number of ether oxygens (including phenoxy) is 1. The second-order valence-corrected chi connectivity index (χ2v) is 3.35. The number of hydrogen-bond acceptors (Lipinski definition) is 5. The number of hydrogen-bond donors (Lipinski definition) is 0. The van der Waals surface area contributed by atoms with Gasteiger partial charge in [0, 0.05) is 39.4 Å². The third-order valence-electron chi connectivity index (χ3n) is 2.00. The van der Waals surface area contributed by atoms with Gasteiger partial charge in [0.15, 0.2) is 0 Å². The van der Waals surface area contributed by atoms with E-state index in [1.54, 1.807) is 0 Å². The Labute approximate surface area is 96.2 Å². The van der Waals surface area contributed by atoms with Crippen molar-refractivity contribution >= 4 is 5.97 Å². The van der Waals surface area contributed by atoms with E-state index in [1.807, 2.05) is 4.90 Å². The van der Waals surface area contributed by atoms with Gasteiger partial charge >= 0.3 is 5.97 Å². The maximum absolute atomic E-state index is 10.5. The second-order valence-electron chi connectivity index (χ2n) is 3.35. The molecular formula is C11H17N3O2. The highest BCUT2D eigenvalue weighted by Crippen LogP contribution is 1.96. The van der Waals surface area contributed by atoms with Crippen molar-refractivity contribution in [2.75, 3.05) is 26.2 Å². The van der Waals surface area contributed by atoms with Crippen LogP contribution in [0.5, 0.6) is 0 Å². The van der Waals surface area contributed by atoms with Crippen molar-refractivity contribution in [1.29, 1.82) is 10.5 Å². The van der Waals surface area contributed by atoms with E-state index >= 15 is 0 Å². The van der Waals surface area contributed by atoms with Crippen LogP contribution in [-0.2, 0) is 9.53 Å². The zero-order valence-electron chi connectivity index (χ0n) is 9.61. The van der Waals surface area contributed by atoms with Gasteiger partial charge in [0.05, 0.1) is 18.7 Å². The van der Waals surface area contributed by atoms with Crippen molar-refractivity contribution in [3.05, 3.63) is 0 Å². The van der Waals surface area contributed by atoms with E-state index < -0.39 is 0 Å². The molecule has 16 heavy (non-hydrogen) atoms. The van der Waals surface area contributed by atoms with Crippen molar-refractivity contribution in [3.63, 3.8) is 0 Å². The summed E-state index contributed by atoms with van der Waals surface area (Å²) in [7, 11) is 0. The Morgan fingerprint density at radius 2 is 1.75 bits per heavy atom. The fourth-order valence-corrected chi connectivity index (χ4v) is 1.26. The number of carbonyl (C=O) groups is 1. The highest BCUT2D eigenvalue weighted by molar-refractivity contribution is 5.65. The molecular weight excluding hydrogens is 206 g/mol. The molecule has 0 saturated carbocycles. The summed E-state index contributed by atoms with van der Waals surface area (Å²) in [5.74, 6) is -0.277. The lowest BCUT2D eigenvalue weighted by molar-refractivity contribution is -0.141. The minimum Gasteiger partial charge on any atom is -0.466 e. The van der Waals surface area contributed by atoms with Crippen LogP contribution in [0.3, 0.4) is 0 Å². The van der Waals surface area contributed by atoms with Crippen LogP contribution in [0.1, 0.15) is 26.2 Å². The van der Waals surface area contributed by atoms with Crippen molar-refractivity contribution in [1.82, 2.24) is 4.90 Å². The van der Waals surface area contributed by atoms with Crippen LogP contribution in [0.25, 0.3) is 0 Å². The molecule has 0 unspecified atom stereocenters. The van der Waals surface area contributed by atoms with Gasteiger partial charge in [-0.05, 0) is 6.42 Å². The number of nitrogens with zero attached hydrogens (tertiary/aromatic N) is 3. The molecule has 0 rings (SSSR count). The van der Waals surface area contributed by atoms with Crippen LogP contribution in [0.4, 0.5) is 0 Å². The first-order valence-corrected chi connectivity index (χ1v) is 5.30. The van der Waals surface area contributed by atoms with Crippen molar-refractivity contribution in [3.8, 4) is 12.1 Å². The molecule has 5 heteroatoms. The summed E-state index contributed by atoms with van der Waals surface area (Å²) in [6, 6.07) is 4.15. The van der Waals surface area contributed by atoms with Crippen LogP contribution >= 0.6 is 0 Å². The van der Waals surface area contributed by atoms with Crippen LogP contribution < -0.4 is 0 Å². The van der Waals surface area contributed by atoms with E-state index in [1.165, 1.54) is 6.92 Å². The quantitative estimate of drug-likeness (QED) is 0.454. The van der Waals surface area contributed by atoms with E-state index in [-0.39, 0.29) is 5.97 Å². The first kappa shape index (κ1) is 14.4. The molecule has 0 aliphatic heterocycles. The molecule has 0 bridgehead atoms. The van der Waals surface area contributed by atoms with E-state index in [9.17, 15) is 4.79 Å². The summed E-state index contributed by atoms with van der Waals surface area (Å²) in [5.41, 5.74) is 0. The van der Waals surface area contributed by atoms with Crippen molar-refractivity contribution in [2.45, 2.75) is 26.2 Å². The molecule has 0 N–H and O–H groups in total. The Morgan fingerprint density at radius 1 is 1.19 bits per heavy atom.